The first kappa shape index (κ1) is 14.0. The second-order valence-electron chi connectivity index (χ2n) is 5.04. The molecule has 1 fully saturated rings. The lowest BCUT2D eigenvalue weighted by Gasteiger charge is -2.33. The number of nitriles is 1. The molecule has 1 aromatic rings. The Kier molecular flexibility index (Phi) is 4.92. The van der Waals surface area contributed by atoms with Gasteiger partial charge in [0.25, 0.3) is 0 Å². The normalized spacial score (nSPS) is 20.2. The van der Waals surface area contributed by atoms with E-state index in [0.717, 1.165) is 38.3 Å². The lowest BCUT2D eigenvalue weighted by atomic mass is 10.0. The fourth-order valence-corrected chi connectivity index (χ4v) is 2.46. The van der Waals surface area contributed by atoms with Crippen LogP contribution in [0.2, 0.25) is 0 Å². The van der Waals surface area contributed by atoms with Gasteiger partial charge >= 0.3 is 0 Å². The molecule has 1 aliphatic rings. The van der Waals surface area contributed by atoms with Crippen molar-refractivity contribution in [3.05, 3.63) is 34.9 Å². The first-order valence-electron chi connectivity index (χ1n) is 6.71. The molecular weight excluding hydrogens is 238 g/mol. The van der Waals surface area contributed by atoms with Crippen molar-refractivity contribution in [3.8, 4) is 6.07 Å². The van der Waals surface area contributed by atoms with Crippen molar-refractivity contribution in [2.24, 2.45) is 0 Å². The minimum atomic E-state index is 0.275. The van der Waals surface area contributed by atoms with Crippen molar-refractivity contribution in [2.75, 3.05) is 33.3 Å². The number of rotatable bonds is 4. The maximum atomic E-state index is 8.88. The maximum absolute atomic E-state index is 8.88. The number of hydrogen-bond donors (Lipinski definition) is 1. The van der Waals surface area contributed by atoms with Crippen molar-refractivity contribution in [3.63, 3.8) is 0 Å². The van der Waals surface area contributed by atoms with E-state index in [1.807, 2.05) is 19.2 Å². The van der Waals surface area contributed by atoms with Crippen molar-refractivity contribution < 1.29 is 4.74 Å². The van der Waals surface area contributed by atoms with Gasteiger partial charge in [0.05, 0.1) is 24.3 Å². The van der Waals surface area contributed by atoms with E-state index in [1.54, 1.807) is 0 Å². The summed E-state index contributed by atoms with van der Waals surface area (Å²) in [5.74, 6) is 0. The monoisotopic (exact) mass is 259 g/mol. The van der Waals surface area contributed by atoms with Crippen LogP contribution in [0.4, 0.5) is 0 Å². The lowest BCUT2D eigenvalue weighted by molar-refractivity contribution is -0.0291. The average Bonchev–Trinajstić information content (AvgIpc) is 2.42. The predicted molar refractivity (Wildman–Crippen MR) is 74.8 cm³/mol. The summed E-state index contributed by atoms with van der Waals surface area (Å²) in [5, 5.41) is 12.0. The van der Waals surface area contributed by atoms with Gasteiger partial charge < -0.3 is 10.1 Å². The molecule has 1 heterocycles. The zero-order chi connectivity index (χ0) is 13.7. The van der Waals surface area contributed by atoms with Crippen molar-refractivity contribution >= 4 is 0 Å². The molecule has 1 unspecified atom stereocenters. The van der Waals surface area contributed by atoms with Crippen LogP contribution in [0, 0.1) is 18.3 Å². The molecule has 4 heteroatoms. The molecule has 1 N–H and O–H groups in total. The molecule has 19 heavy (non-hydrogen) atoms. The van der Waals surface area contributed by atoms with E-state index in [9.17, 15) is 0 Å². The van der Waals surface area contributed by atoms with Crippen molar-refractivity contribution in [1.29, 1.82) is 5.26 Å². The summed E-state index contributed by atoms with van der Waals surface area (Å²) in [5.41, 5.74) is 3.22. The number of hydrogen-bond acceptors (Lipinski definition) is 4. The smallest absolute Gasteiger partial charge is 0.0991 e. The standard InChI is InChI=1S/C15H21N3O/c1-12-7-13(8-16)3-4-14(12)10-18-5-6-19-15(11-18)9-17-2/h3-4,7,15,17H,5-6,9-11H2,1-2H3. The third-order valence-electron chi connectivity index (χ3n) is 3.52. The second kappa shape index (κ2) is 6.67. The topological polar surface area (TPSA) is 48.3 Å². The van der Waals surface area contributed by atoms with Gasteiger partial charge in [0, 0.05) is 26.2 Å². The SMILES string of the molecule is CNCC1CN(Cc2ccc(C#N)cc2C)CCO1. The van der Waals surface area contributed by atoms with Crippen molar-refractivity contribution in [2.45, 2.75) is 19.6 Å². The van der Waals surface area contributed by atoms with Crippen LogP contribution in [-0.4, -0.2) is 44.3 Å². The number of likely N-dealkylation sites (N-methyl/N-ethyl adjacent to an activating group) is 1. The van der Waals surface area contributed by atoms with Gasteiger partial charge in [-0.1, -0.05) is 6.07 Å². The molecule has 0 spiro atoms. The van der Waals surface area contributed by atoms with E-state index < -0.39 is 0 Å². The van der Waals surface area contributed by atoms with Gasteiger partial charge in [-0.15, -0.1) is 0 Å². The van der Waals surface area contributed by atoms with Crippen LogP contribution in [0.5, 0.6) is 0 Å². The predicted octanol–water partition coefficient (Wildman–Crippen LogP) is 1.29. The van der Waals surface area contributed by atoms with E-state index in [0.29, 0.717) is 0 Å². The molecule has 0 bridgehead atoms. The number of ether oxygens (including phenoxy) is 1. The van der Waals surface area contributed by atoms with Crippen LogP contribution in [0.15, 0.2) is 18.2 Å². The number of benzene rings is 1. The molecule has 0 saturated carbocycles. The fraction of sp³-hybridized carbons (Fsp3) is 0.533. The van der Waals surface area contributed by atoms with Gasteiger partial charge in [-0.2, -0.15) is 5.26 Å². The Morgan fingerprint density at radius 2 is 2.37 bits per heavy atom. The molecule has 0 aliphatic carbocycles. The third kappa shape index (κ3) is 3.77. The van der Waals surface area contributed by atoms with Crippen LogP contribution in [0.1, 0.15) is 16.7 Å². The molecule has 102 valence electrons. The first-order valence-corrected chi connectivity index (χ1v) is 6.71. The Balaban J connectivity index is 1.99. The Bertz CT molecular complexity index is 465. The summed E-state index contributed by atoms with van der Waals surface area (Å²) < 4.78 is 5.71. The van der Waals surface area contributed by atoms with E-state index in [-0.39, 0.29) is 6.10 Å². The largest absolute Gasteiger partial charge is 0.374 e. The highest BCUT2D eigenvalue weighted by Crippen LogP contribution is 2.15. The summed E-state index contributed by atoms with van der Waals surface area (Å²) in [6.07, 6.45) is 0.275. The van der Waals surface area contributed by atoms with Gasteiger partial charge in [-0.3, -0.25) is 4.90 Å². The molecule has 0 radical (unpaired) electrons. The van der Waals surface area contributed by atoms with Crippen LogP contribution in [0.3, 0.4) is 0 Å². The van der Waals surface area contributed by atoms with E-state index in [1.165, 1.54) is 11.1 Å². The van der Waals surface area contributed by atoms with Gasteiger partial charge in [0.2, 0.25) is 0 Å². The number of nitrogens with zero attached hydrogens (tertiary/aromatic N) is 2. The number of morpholine rings is 1. The Morgan fingerprint density at radius 3 is 3.05 bits per heavy atom. The van der Waals surface area contributed by atoms with Crippen LogP contribution in [0.25, 0.3) is 0 Å². The number of nitrogens with one attached hydrogen (secondary N) is 1. The Morgan fingerprint density at radius 1 is 1.53 bits per heavy atom. The molecule has 1 aliphatic heterocycles. The number of aryl methyl sites for hydroxylation is 1. The third-order valence-corrected chi connectivity index (χ3v) is 3.52. The zero-order valence-corrected chi connectivity index (χ0v) is 11.6. The molecular formula is C15H21N3O. The summed E-state index contributed by atoms with van der Waals surface area (Å²) in [6, 6.07) is 8.10. The lowest BCUT2D eigenvalue weighted by Crippen LogP contribution is -2.45. The van der Waals surface area contributed by atoms with Crippen molar-refractivity contribution in [1.82, 2.24) is 10.2 Å². The van der Waals surface area contributed by atoms with Crippen LogP contribution < -0.4 is 5.32 Å². The summed E-state index contributed by atoms with van der Waals surface area (Å²) in [7, 11) is 1.95. The summed E-state index contributed by atoms with van der Waals surface area (Å²) >= 11 is 0. The van der Waals surface area contributed by atoms with Gasteiger partial charge in [0.1, 0.15) is 0 Å². The van der Waals surface area contributed by atoms with E-state index in [2.05, 4.69) is 29.3 Å². The van der Waals surface area contributed by atoms with E-state index in [4.69, 9.17) is 10.00 Å². The fourth-order valence-electron chi connectivity index (χ4n) is 2.46. The van der Waals surface area contributed by atoms with Gasteiger partial charge in [-0.05, 0) is 37.2 Å². The highest BCUT2D eigenvalue weighted by Gasteiger charge is 2.20. The summed E-state index contributed by atoms with van der Waals surface area (Å²) in [4.78, 5) is 2.42. The molecule has 1 saturated heterocycles. The highest BCUT2D eigenvalue weighted by atomic mass is 16.5. The van der Waals surface area contributed by atoms with Gasteiger partial charge in [-0.25, -0.2) is 0 Å². The molecule has 2 rings (SSSR count). The Labute approximate surface area is 115 Å². The summed E-state index contributed by atoms with van der Waals surface area (Å²) in [6.45, 7) is 6.62. The van der Waals surface area contributed by atoms with Gasteiger partial charge in [0.15, 0.2) is 0 Å². The minimum absolute atomic E-state index is 0.275. The zero-order valence-electron chi connectivity index (χ0n) is 11.6. The molecule has 1 atom stereocenters. The molecule has 1 aromatic carbocycles. The highest BCUT2D eigenvalue weighted by molar-refractivity contribution is 5.37. The Hall–Kier alpha value is -1.41. The average molecular weight is 259 g/mol. The maximum Gasteiger partial charge on any atom is 0.0991 e. The van der Waals surface area contributed by atoms with Crippen LogP contribution >= 0.6 is 0 Å². The first-order chi connectivity index (χ1) is 9.22. The minimum Gasteiger partial charge on any atom is -0.374 e. The molecule has 0 amide bonds. The molecule has 0 aromatic heterocycles. The second-order valence-corrected chi connectivity index (χ2v) is 5.04. The van der Waals surface area contributed by atoms with Crippen LogP contribution in [-0.2, 0) is 11.3 Å². The quantitative estimate of drug-likeness (QED) is 0.885. The van der Waals surface area contributed by atoms with E-state index >= 15 is 0 Å². The molecule has 4 nitrogen and oxygen atoms in total.